The van der Waals surface area contributed by atoms with Crippen molar-refractivity contribution in [1.29, 1.82) is 0 Å². The lowest BCUT2D eigenvalue weighted by Gasteiger charge is -2.06. The molecule has 0 bridgehead atoms. The predicted molar refractivity (Wildman–Crippen MR) is 97.5 cm³/mol. The van der Waals surface area contributed by atoms with Gasteiger partial charge in [-0.05, 0) is 42.9 Å². The predicted octanol–water partition coefficient (Wildman–Crippen LogP) is 5.71. The average Bonchev–Trinajstić information content (AvgIpc) is 2.52. The second-order valence-electron chi connectivity index (χ2n) is 5.76. The molecule has 0 saturated carbocycles. The van der Waals surface area contributed by atoms with Crippen molar-refractivity contribution >= 4 is 21.6 Å². The van der Waals surface area contributed by atoms with E-state index in [2.05, 4.69) is 6.92 Å². The van der Waals surface area contributed by atoms with Gasteiger partial charge >= 0.3 is 0 Å². The third kappa shape index (κ3) is 7.68. The molecule has 0 aliphatic carbocycles. The van der Waals surface area contributed by atoms with Crippen LogP contribution in [0.5, 0.6) is 0 Å². The van der Waals surface area contributed by atoms with E-state index in [0.717, 1.165) is 18.6 Å². The van der Waals surface area contributed by atoms with Gasteiger partial charge in [-0.25, -0.2) is 8.42 Å². The minimum atomic E-state index is -3.09. The molecule has 0 N–H and O–H groups in total. The molecular weight excluding hydrogens is 312 g/mol. The first-order chi connectivity index (χ1) is 10.6. The minimum Gasteiger partial charge on any atom is -0.224 e. The van der Waals surface area contributed by atoms with Crippen molar-refractivity contribution in [2.75, 3.05) is 11.5 Å². The highest BCUT2D eigenvalue weighted by molar-refractivity contribution is 7.99. The Morgan fingerprint density at radius 1 is 0.818 bits per heavy atom. The highest BCUT2D eigenvalue weighted by Gasteiger charge is 2.13. The van der Waals surface area contributed by atoms with Crippen molar-refractivity contribution in [2.45, 2.75) is 75.0 Å². The van der Waals surface area contributed by atoms with Gasteiger partial charge in [0.25, 0.3) is 0 Å². The maximum absolute atomic E-state index is 12.1. The van der Waals surface area contributed by atoms with Gasteiger partial charge in [0.05, 0.1) is 10.6 Å². The first-order valence-electron chi connectivity index (χ1n) is 8.55. The second-order valence-corrected chi connectivity index (χ2v) is 9.04. The van der Waals surface area contributed by atoms with Gasteiger partial charge in [-0.15, -0.1) is 11.8 Å². The second kappa shape index (κ2) is 11.1. The Morgan fingerprint density at radius 2 is 1.41 bits per heavy atom. The van der Waals surface area contributed by atoms with E-state index in [1.54, 1.807) is 12.1 Å². The molecule has 126 valence electrons. The number of sulfone groups is 1. The third-order valence-corrected chi connectivity index (χ3v) is 6.63. The Hall–Kier alpha value is -0.480. The van der Waals surface area contributed by atoms with Crippen molar-refractivity contribution < 1.29 is 8.42 Å². The van der Waals surface area contributed by atoms with Crippen LogP contribution < -0.4 is 0 Å². The smallest absolute Gasteiger partial charge is 0.178 e. The Balaban J connectivity index is 2.33. The van der Waals surface area contributed by atoms with Gasteiger partial charge < -0.3 is 0 Å². The Labute approximate surface area is 141 Å². The van der Waals surface area contributed by atoms with Crippen LogP contribution in [0.1, 0.15) is 65.2 Å². The SMILES string of the molecule is CCCCCCCCSc1ccc(S(=O)(=O)CCCC)cc1. The van der Waals surface area contributed by atoms with E-state index in [-0.39, 0.29) is 5.75 Å². The van der Waals surface area contributed by atoms with Crippen LogP contribution >= 0.6 is 11.8 Å². The number of unbranched alkanes of at least 4 members (excludes halogenated alkanes) is 6. The molecule has 4 heteroatoms. The zero-order valence-electron chi connectivity index (χ0n) is 14.0. The third-order valence-electron chi connectivity index (χ3n) is 3.72. The molecule has 0 aromatic heterocycles. The minimum absolute atomic E-state index is 0.258. The van der Waals surface area contributed by atoms with E-state index < -0.39 is 9.84 Å². The molecule has 0 radical (unpaired) electrons. The van der Waals surface area contributed by atoms with Crippen molar-refractivity contribution in [3.63, 3.8) is 0 Å². The summed E-state index contributed by atoms with van der Waals surface area (Å²) in [5, 5.41) is 0. The molecule has 0 heterocycles. The van der Waals surface area contributed by atoms with E-state index in [0.29, 0.717) is 4.90 Å². The summed E-state index contributed by atoms with van der Waals surface area (Å²) in [5.41, 5.74) is 0. The lowest BCUT2D eigenvalue weighted by Crippen LogP contribution is -2.06. The fraction of sp³-hybridized carbons (Fsp3) is 0.667. The molecule has 1 aromatic rings. The maximum Gasteiger partial charge on any atom is 0.178 e. The van der Waals surface area contributed by atoms with Crippen LogP contribution in [-0.2, 0) is 9.84 Å². The van der Waals surface area contributed by atoms with Crippen LogP contribution in [0.25, 0.3) is 0 Å². The first kappa shape index (κ1) is 19.6. The van der Waals surface area contributed by atoms with E-state index in [1.807, 2.05) is 30.8 Å². The highest BCUT2D eigenvalue weighted by Crippen LogP contribution is 2.22. The maximum atomic E-state index is 12.1. The lowest BCUT2D eigenvalue weighted by atomic mass is 10.1. The van der Waals surface area contributed by atoms with Gasteiger partial charge in [0, 0.05) is 4.90 Å². The number of rotatable bonds is 12. The van der Waals surface area contributed by atoms with E-state index >= 15 is 0 Å². The summed E-state index contributed by atoms with van der Waals surface area (Å²) in [5.74, 6) is 1.38. The summed E-state index contributed by atoms with van der Waals surface area (Å²) in [6.07, 6.45) is 9.52. The molecule has 2 nitrogen and oxygen atoms in total. The van der Waals surface area contributed by atoms with E-state index in [9.17, 15) is 8.42 Å². The number of benzene rings is 1. The summed E-state index contributed by atoms with van der Waals surface area (Å²) >= 11 is 1.83. The van der Waals surface area contributed by atoms with Crippen LogP contribution in [0.3, 0.4) is 0 Å². The average molecular weight is 343 g/mol. The summed E-state index contributed by atoms with van der Waals surface area (Å²) in [7, 11) is -3.09. The standard InChI is InChI=1S/C18H30O2S2/c1-3-5-7-8-9-10-15-21-17-11-13-18(14-12-17)22(19,20)16-6-4-2/h11-14H,3-10,15-16H2,1-2H3. The van der Waals surface area contributed by atoms with Gasteiger partial charge in [-0.3, -0.25) is 0 Å². The topological polar surface area (TPSA) is 34.1 Å². The molecule has 0 fully saturated rings. The Bertz CT molecular complexity index is 492. The van der Waals surface area contributed by atoms with Crippen molar-refractivity contribution in [3.8, 4) is 0 Å². The Morgan fingerprint density at radius 3 is 2.05 bits per heavy atom. The van der Waals surface area contributed by atoms with Crippen LogP contribution in [0.15, 0.2) is 34.1 Å². The van der Waals surface area contributed by atoms with Gasteiger partial charge in [0.2, 0.25) is 0 Å². The molecule has 0 amide bonds. The van der Waals surface area contributed by atoms with Crippen LogP contribution in [-0.4, -0.2) is 19.9 Å². The molecule has 0 unspecified atom stereocenters. The van der Waals surface area contributed by atoms with E-state index in [1.165, 1.54) is 43.4 Å². The van der Waals surface area contributed by atoms with Crippen molar-refractivity contribution in [3.05, 3.63) is 24.3 Å². The fourth-order valence-electron chi connectivity index (χ4n) is 2.27. The monoisotopic (exact) mass is 342 g/mol. The van der Waals surface area contributed by atoms with Gasteiger partial charge in [0.15, 0.2) is 9.84 Å². The molecule has 0 spiro atoms. The van der Waals surface area contributed by atoms with Gasteiger partial charge in [-0.2, -0.15) is 0 Å². The fourth-order valence-corrected chi connectivity index (χ4v) is 4.64. The highest BCUT2D eigenvalue weighted by atomic mass is 32.2. The molecule has 0 atom stereocenters. The van der Waals surface area contributed by atoms with Gasteiger partial charge in [0.1, 0.15) is 0 Å². The summed E-state index contributed by atoms with van der Waals surface area (Å²) in [6.45, 7) is 4.25. The quantitative estimate of drug-likeness (QED) is 0.360. The Kier molecular flexibility index (Phi) is 9.89. The summed E-state index contributed by atoms with van der Waals surface area (Å²) in [4.78, 5) is 1.63. The van der Waals surface area contributed by atoms with Gasteiger partial charge in [-0.1, -0.05) is 52.4 Å². The number of hydrogen-bond acceptors (Lipinski definition) is 3. The van der Waals surface area contributed by atoms with Crippen molar-refractivity contribution in [1.82, 2.24) is 0 Å². The molecule has 22 heavy (non-hydrogen) atoms. The number of hydrogen-bond donors (Lipinski definition) is 0. The van der Waals surface area contributed by atoms with Crippen LogP contribution in [0, 0.1) is 0 Å². The normalized spacial score (nSPS) is 11.7. The largest absolute Gasteiger partial charge is 0.224 e. The molecule has 1 aromatic carbocycles. The summed E-state index contributed by atoms with van der Waals surface area (Å²) < 4.78 is 24.2. The molecule has 0 saturated heterocycles. The lowest BCUT2D eigenvalue weighted by molar-refractivity contribution is 0.592. The van der Waals surface area contributed by atoms with Crippen LogP contribution in [0.2, 0.25) is 0 Å². The van der Waals surface area contributed by atoms with E-state index in [4.69, 9.17) is 0 Å². The first-order valence-corrected chi connectivity index (χ1v) is 11.2. The zero-order valence-corrected chi connectivity index (χ0v) is 15.6. The molecule has 0 aliphatic heterocycles. The molecular formula is C18H30O2S2. The zero-order chi connectivity index (χ0) is 16.3. The molecule has 1 rings (SSSR count). The van der Waals surface area contributed by atoms with Crippen molar-refractivity contribution in [2.24, 2.45) is 0 Å². The summed E-state index contributed by atoms with van der Waals surface area (Å²) in [6, 6.07) is 7.41. The van der Waals surface area contributed by atoms with Crippen LogP contribution in [0.4, 0.5) is 0 Å². The molecule has 0 aliphatic rings. The number of thioether (sulfide) groups is 1.